The van der Waals surface area contributed by atoms with E-state index < -0.39 is 0 Å². The van der Waals surface area contributed by atoms with E-state index in [0.717, 1.165) is 38.3 Å². The van der Waals surface area contributed by atoms with Crippen molar-refractivity contribution < 1.29 is 4.79 Å². The van der Waals surface area contributed by atoms with Gasteiger partial charge < -0.3 is 10.6 Å². The van der Waals surface area contributed by atoms with Gasteiger partial charge in [0.05, 0.1) is 0 Å². The van der Waals surface area contributed by atoms with Crippen LogP contribution in [0.4, 0.5) is 0 Å². The van der Waals surface area contributed by atoms with E-state index in [4.69, 9.17) is 0 Å². The first-order chi connectivity index (χ1) is 11.1. The fraction of sp³-hybridized carbons (Fsp3) is 0.438. The molecule has 0 atom stereocenters. The maximum Gasteiger partial charge on any atom is 0.270 e. The first-order valence-electron chi connectivity index (χ1n) is 7.84. The number of carbonyl (C=O) groups is 1. The SMILES string of the molecule is Cc1ccn2c(=O)c(C(=O)NCCN3CCNCC3)cnc2c1.Cl. The highest BCUT2D eigenvalue weighted by Crippen LogP contribution is 2.02. The molecule has 2 aromatic heterocycles. The van der Waals surface area contributed by atoms with Gasteiger partial charge in [0, 0.05) is 51.7 Å². The Labute approximate surface area is 146 Å². The normalized spacial score (nSPS) is 15.0. The molecule has 0 radical (unpaired) electrons. The number of piperazine rings is 1. The van der Waals surface area contributed by atoms with Gasteiger partial charge in [-0.05, 0) is 24.6 Å². The molecule has 0 bridgehead atoms. The quantitative estimate of drug-likeness (QED) is 0.814. The summed E-state index contributed by atoms with van der Waals surface area (Å²) in [6.45, 7) is 7.16. The number of halogens is 1. The predicted octanol–water partition coefficient (Wildman–Crippen LogP) is 0.0597. The highest BCUT2D eigenvalue weighted by molar-refractivity contribution is 5.93. The molecule has 1 aliphatic rings. The van der Waals surface area contributed by atoms with Crippen molar-refractivity contribution in [1.82, 2.24) is 24.9 Å². The van der Waals surface area contributed by atoms with Crippen LogP contribution in [0.25, 0.3) is 5.65 Å². The molecule has 8 heteroatoms. The Kier molecular flexibility index (Phi) is 6.30. The van der Waals surface area contributed by atoms with Crippen LogP contribution in [-0.4, -0.2) is 59.5 Å². The van der Waals surface area contributed by atoms with E-state index in [0.29, 0.717) is 12.2 Å². The van der Waals surface area contributed by atoms with Crippen molar-refractivity contribution in [2.75, 3.05) is 39.3 Å². The van der Waals surface area contributed by atoms with Crippen molar-refractivity contribution in [2.24, 2.45) is 0 Å². The van der Waals surface area contributed by atoms with Crippen LogP contribution in [-0.2, 0) is 0 Å². The monoisotopic (exact) mass is 351 g/mol. The van der Waals surface area contributed by atoms with E-state index in [1.165, 1.54) is 10.6 Å². The second-order valence-corrected chi connectivity index (χ2v) is 5.76. The minimum absolute atomic E-state index is 0. The summed E-state index contributed by atoms with van der Waals surface area (Å²) in [5.74, 6) is -0.368. The number of aryl methyl sites for hydroxylation is 1. The van der Waals surface area contributed by atoms with Crippen LogP contribution in [0.3, 0.4) is 0 Å². The summed E-state index contributed by atoms with van der Waals surface area (Å²) in [6.07, 6.45) is 3.01. The summed E-state index contributed by atoms with van der Waals surface area (Å²) in [4.78, 5) is 31.1. The second-order valence-electron chi connectivity index (χ2n) is 5.76. The number of nitrogens with zero attached hydrogens (tertiary/aromatic N) is 3. The van der Waals surface area contributed by atoms with Crippen LogP contribution in [0.5, 0.6) is 0 Å². The molecule has 24 heavy (non-hydrogen) atoms. The topological polar surface area (TPSA) is 78.7 Å². The number of hydrogen-bond donors (Lipinski definition) is 2. The van der Waals surface area contributed by atoms with Crippen LogP contribution in [0.1, 0.15) is 15.9 Å². The Balaban J connectivity index is 0.00000208. The van der Waals surface area contributed by atoms with E-state index in [2.05, 4.69) is 20.5 Å². The average molecular weight is 352 g/mol. The number of nitrogens with one attached hydrogen (secondary N) is 2. The molecular weight excluding hydrogens is 330 g/mol. The van der Waals surface area contributed by atoms with Gasteiger partial charge in [0.2, 0.25) is 0 Å². The average Bonchev–Trinajstić information content (AvgIpc) is 2.56. The lowest BCUT2D eigenvalue weighted by Gasteiger charge is -2.27. The fourth-order valence-corrected chi connectivity index (χ4v) is 2.69. The molecule has 2 aromatic rings. The summed E-state index contributed by atoms with van der Waals surface area (Å²) < 4.78 is 1.40. The molecule has 0 saturated carbocycles. The van der Waals surface area contributed by atoms with Crippen molar-refractivity contribution in [2.45, 2.75) is 6.92 Å². The van der Waals surface area contributed by atoms with Gasteiger partial charge in [-0.2, -0.15) is 0 Å². The number of aromatic nitrogens is 2. The Hall–Kier alpha value is -1.96. The van der Waals surface area contributed by atoms with Crippen LogP contribution >= 0.6 is 12.4 Å². The lowest BCUT2D eigenvalue weighted by Crippen LogP contribution is -2.46. The van der Waals surface area contributed by atoms with E-state index >= 15 is 0 Å². The van der Waals surface area contributed by atoms with Gasteiger partial charge in [-0.15, -0.1) is 12.4 Å². The van der Waals surface area contributed by atoms with E-state index in [1.54, 1.807) is 6.20 Å². The number of carbonyl (C=O) groups excluding carboxylic acids is 1. The van der Waals surface area contributed by atoms with Gasteiger partial charge in [0.1, 0.15) is 11.2 Å². The molecule has 2 N–H and O–H groups in total. The summed E-state index contributed by atoms with van der Waals surface area (Å²) in [7, 11) is 0. The number of rotatable bonds is 4. The molecule has 0 spiro atoms. The summed E-state index contributed by atoms with van der Waals surface area (Å²) in [5, 5.41) is 6.10. The van der Waals surface area contributed by atoms with E-state index in [1.807, 2.05) is 19.1 Å². The zero-order chi connectivity index (χ0) is 16.2. The van der Waals surface area contributed by atoms with Gasteiger partial charge in [-0.1, -0.05) is 0 Å². The third kappa shape index (κ3) is 4.11. The number of pyridine rings is 1. The maximum atomic E-state index is 12.4. The molecule has 3 heterocycles. The highest BCUT2D eigenvalue weighted by Gasteiger charge is 2.14. The zero-order valence-electron chi connectivity index (χ0n) is 13.6. The third-order valence-corrected chi connectivity index (χ3v) is 4.03. The lowest BCUT2D eigenvalue weighted by molar-refractivity contribution is 0.0945. The number of amides is 1. The molecule has 1 fully saturated rings. The van der Waals surface area contributed by atoms with Gasteiger partial charge in [-0.25, -0.2) is 4.98 Å². The summed E-state index contributed by atoms with van der Waals surface area (Å²) >= 11 is 0. The van der Waals surface area contributed by atoms with Crippen molar-refractivity contribution in [1.29, 1.82) is 0 Å². The molecule has 0 unspecified atom stereocenters. The van der Waals surface area contributed by atoms with Crippen molar-refractivity contribution in [3.63, 3.8) is 0 Å². The number of hydrogen-bond acceptors (Lipinski definition) is 5. The second kappa shape index (κ2) is 8.23. The van der Waals surface area contributed by atoms with Crippen LogP contribution in [0.15, 0.2) is 29.3 Å². The van der Waals surface area contributed by atoms with Gasteiger partial charge in [0.25, 0.3) is 11.5 Å². The summed E-state index contributed by atoms with van der Waals surface area (Å²) in [5.41, 5.74) is 1.30. The fourth-order valence-electron chi connectivity index (χ4n) is 2.69. The molecule has 0 aromatic carbocycles. The lowest BCUT2D eigenvalue weighted by atomic mass is 10.2. The molecule has 130 valence electrons. The molecule has 7 nitrogen and oxygen atoms in total. The predicted molar refractivity (Wildman–Crippen MR) is 95.1 cm³/mol. The first-order valence-corrected chi connectivity index (χ1v) is 7.84. The third-order valence-electron chi connectivity index (χ3n) is 4.03. The molecule has 1 saturated heterocycles. The standard InChI is InChI=1S/C16H21N5O2.ClH/c1-12-2-6-21-14(10-12)19-11-13(16(21)23)15(22)18-5-9-20-7-3-17-4-8-20;/h2,6,10-11,17H,3-5,7-9H2,1H3,(H,18,22);1H. The van der Waals surface area contributed by atoms with E-state index in [9.17, 15) is 9.59 Å². The van der Waals surface area contributed by atoms with Gasteiger partial charge >= 0.3 is 0 Å². The Morgan fingerprint density at radius 3 is 2.88 bits per heavy atom. The summed E-state index contributed by atoms with van der Waals surface area (Å²) in [6, 6.07) is 3.63. The molecule has 1 aliphatic heterocycles. The largest absolute Gasteiger partial charge is 0.351 e. The zero-order valence-corrected chi connectivity index (χ0v) is 14.4. The van der Waals surface area contributed by atoms with Crippen molar-refractivity contribution >= 4 is 24.0 Å². The molecule has 3 rings (SSSR count). The number of fused-ring (bicyclic) bond motifs is 1. The first kappa shape index (κ1) is 18.4. The highest BCUT2D eigenvalue weighted by atomic mass is 35.5. The maximum absolute atomic E-state index is 12.4. The minimum atomic E-state index is -0.368. The molecule has 1 amide bonds. The molecule has 0 aliphatic carbocycles. The van der Waals surface area contributed by atoms with E-state index in [-0.39, 0.29) is 29.4 Å². The van der Waals surface area contributed by atoms with Crippen molar-refractivity contribution in [3.8, 4) is 0 Å². The Morgan fingerprint density at radius 2 is 2.12 bits per heavy atom. The Morgan fingerprint density at radius 1 is 1.38 bits per heavy atom. The van der Waals surface area contributed by atoms with Gasteiger partial charge in [0.15, 0.2) is 0 Å². The van der Waals surface area contributed by atoms with Crippen molar-refractivity contribution in [3.05, 3.63) is 46.0 Å². The molecular formula is C16H22ClN5O2. The Bertz CT molecular complexity index is 771. The smallest absolute Gasteiger partial charge is 0.270 e. The minimum Gasteiger partial charge on any atom is -0.351 e. The van der Waals surface area contributed by atoms with Crippen LogP contribution in [0, 0.1) is 6.92 Å². The van der Waals surface area contributed by atoms with Crippen LogP contribution in [0.2, 0.25) is 0 Å². The van der Waals surface area contributed by atoms with Crippen LogP contribution < -0.4 is 16.2 Å². The van der Waals surface area contributed by atoms with Gasteiger partial charge in [-0.3, -0.25) is 18.9 Å².